The Hall–Kier alpha value is -2.41. The number of benzene rings is 1. The number of thioether (sulfide) groups is 1. The van der Waals surface area contributed by atoms with Gasteiger partial charge in [-0.3, -0.25) is 4.79 Å². The molecule has 1 N–H and O–H groups in total. The summed E-state index contributed by atoms with van der Waals surface area (Å²) >= 11 is 1.35. The van der Waals surface area contributed by atoms with E-state index in [9.17, 15) is 9.59 Å². The summed E-state index contributed by atoms with van der Waals surface area (Å²) in [6.07, 6.45) is 0.647. The third-order valence-electron chi connectivity index (χ3n) is 3.54. The molecular weight excluding hydrogens is 350 g/mol. The molecule has 0 saturated heterocycles. The molecule has 0 aliphatic carbocycles. The fourth-order valence-corrected chi connectivity index (χ4v) is 3.30. The molecule has 0 spiro atoms. The summed E-state index contributed by atoms with van der Waals surface area (Å²) in [5.74, 6) is -0.497. The first-order valence-corrected chi connectivity index (χ1v) is 9.37. The van der Waals surface area contributed by atoms with Crippen LogP contribution in [-0.4, -0.2) is 33.7 Å². The molecule has 0 aliphatic rings. The maximum absolute atomic E-state index is 12.6. The van der Waals surface area contributed by atoms with Crippen molar-refractivity contribution >= 4 is 29.3 Å². The molecule has 1 unspecified atom stereocenters. The lowest BCUT2D eigenvalue weighted by Crippen LogP contribution is -2.25. The Balaban J connectivity index is 2.03. The van der Waals surface area contributed by atoms with E-state index in [1.807, 2.05) is 26.8 Å². The molecule has 1 amide bonds. The Labute approximate surface area is 157 Å². The predicted molar refractivity (Wildman–Crippen MR) is 102 cm³/mol. The van der Waals surface area contributed by atoms with Gasteiger partial charge in [-0.1, -0.05) is 18.7 Å². The lowest BCUT2D eigenvalue weighted by molar-refractivity contribution is -0.115. The van der Waals surface area contributed by atoms with E-state index < -0.39 is 0 Å². The molecule has 26 heavy (non-hydrogen) atoms. The number of hydrogen-bond donors (Lipinski definition) is 1. The number of nitrogens with zero attached hydrogens (tertiary/aromatic N) is 2. The molecule has 1 aromatic carbocycles. The standard InChI is InChI=1S/C19H23N3O3S/c1-5-16(26-19-20-12(3)11-13(4)21-19)17(23)22-15-9-7-14(8-10-15)18(24)25-6-2/h7-11,16H,5-6H2,1-4H3,(H,22,23). The van der Waals surface area contributed by atoms with Crippen LogP contribution in [0, 0.1) is 13.8 Å². The molecule has 7 heteroatoms. The van der Waals surface area contributed by atoms with Gasteiger partial charge in [-0.05, 0) is 57.5 Å². The first-order valence-electron chi connectivity index (χ1n) is 8.50. The molecule has 0 radical (unpaired) electrons. The topological polar surface area (TPSA) is 81.2 Å². The molecule has 0 aliphatic heterocycles. The van der Waals surface area contributed by atoms with Crippen molar-refractivity contribution in [3.63, 3.8) is 0 Å². The Kier molecular flexibility index (Phi) is 7.15. The zero-order chi connectivity index (χ0) is 19.1. The second kappa shape index (κ2) is 9.33. The van der Waals surface area contributed by atoms with E-state index in [0.717, 1.165) is 11.4 Å². The van der Waals surface area contributed by atoms with Gasteiger partial charge in [-0.2, -0.15) is 0 Å². The molecule has 1 aromatic heterocycles. The number of nitrogens with one attached hydrogen (secondary N) is 1. The van der Waals surface area contributed by atoms with E-state index in [4.69, 9.17) is 4.74 Å². The van der Waals surface area contributed by atoms with E-state index in [0.29, 0.717) is 29.4 Å². The normalized spacial score (nSPS) is 11.7. The Bertz CT molecular complexity index is 758. The van der Waals surface area contributed by atoms with Crippen LogP contribution in [0.5, 0.6) is 0 Å². The monoisotopic (exact) mass is 373 g/mol. The molecule has 2 aromatic rings. The van der Waals surface area contributed by atoms with E-state index in [1.165, 1.54) is 11.8 Å². The Morgan fingerprint density at radius 3 is 2.27 bits per heavy atom. The van der Waals surface area contributed by atoms with Crippen molar-refractivity contribution in [2.24, 2.45) is 0 Å². The molecule has 1 heterocycles. The van der Waals surface area contributed by atoms with E-state index in [1.54, 1.807) is 31.2 Å². The minimum atomic E-state index is -0.376. The van der Waals surface area contributed by atoms with Gasteiger partial charge in [0.05, 0.1) is 17.4 Å². The fourth-order valence-electron chi connectivity index (χ4n) is 2.32. The van der Waals surface area contributed by atoms with Crippen molar-refractivity contribution in [2.45, 2.75) is 44.5 Å². The average molecular weight is 373 g/mol. The lowest BCUT2D eigenvalue weighted by atomic mass is 10.2. The second-order valence-corrected chi connectivity index (χ2v) is 6.90. The summed E-state index contributed by atoms with van der Waals surface area (Å²) in [6, 6.07) is 8.54. The maximum atomic E-state index is 12.6. The van der Waals surface area contributed by atoms with Gasteiger partial charge >= 0.3 is 5.97 Å². The zero-order valence-corrected chi connectivity index (χ0v) is 16.2. The number of aryl methyl sites for hydroxylation is 2. The van der Waals surface area contributed by atoms with Crippen molar-refractivity contribution < 1.29 is 14.3 Å². The highest BCUT2D eigenvalue weighted by Gasteiger charge is 2.20. The lowest BCUT2D eigenvalue weighted by Gasteiger charge is -2.14. The number of hydrogen-bond acceptors (Lipinski definition) is 6. The third kappa shape index (κ3) is 5.56. The van der Waals surface area contributed by atoms with Crippen LogP contribution >= 0.6 is 11.8 Å². The highest BCUT2D eigenvalue weighted by Crippen LogP contribution is 2.24. The van der Waals surface area contributed by atoms with Gasteiger partial charge in [0.15, 0.2) is 5.16 Å². The van der Waals surface area contributed by atoms with Crippen molar-refractivity contribution in [3.8, 4) is 0 Å². The number of anilines is 1. The van der Waals surface area contributed by atoms with Gasteiger partial charge in [-0.15, -0.1) is 0 Å². The predicted octanol–water partition coefficient (Wildman–Crippen LogP) is 3.78. The van der Waals surface area contributed by atoms with Crippen LogP contribution in [0.25, 0.3) is 0 Å². The van der Waals surface area contributed by atoms with Gasteiger partial charge in [0.2, 0.25) is 5.91 Å². The minimum absolute atomic E-state index is 0.121. The maximum Gasteiger partial charge on any atom is 0.338 e. The summed E-state index contributed by atoms with van der Waals surface area (Å²) in [4.78, 5) is 33.0. The summed E-state index contributed by atoms with van der Waals surface area (Å²) in [5.41, 5.74) is 2.84. The largest absolute Gasteiger partial charge is 0.462 e. The molecule has 138 valence electrons. The van der Waals surface area contributed by atoms with Gasteiger partial charge in [-0.25, -0.2) is 14.8 Å². The van der Waals surface area contributed by atoms with E-state index in [2.05, 4.69) is 15.3 Å². The first kappa shape index (κ1) is 19.9. The summed E-state index contributed by atoms with van der Waals surface area (Å²) in [7, 11) is 0. The number of carbonyl (C=O) groups excluding carboxylic acids is 2. The molecule has 0 saturated carbocycles. The summed E-state index contributed by atoms with van der Waals surface area (Å²) < 4.78 is 4.95. The second-order valence-electron chi connectivity index (χ2n) is 5.74. The number of ether oxygens (including phenoxy) is 1. The van der Waals surface area contributed by atoms with Crippen molar-refractivity contribution in [1.29, 1.82) is 0 Å². The minimum Gasteiger partial charge on any atom is -0.462 e. The molecular formula is C19H23N3O3S. The van der Waals surface area contributed by atoms with Crippen LogP contribution in [0.2, 0.25) is 0 Å². The van der Waals surface area contributed by atoms with E-state index >= 15 is 0 Å². The number of amides is 1. The third-order valence-corrected chi connectivity index (χ3v) is 4.76. The van der Waals surface area contributed by atoms with Crippen LogP contribution in [0.1, 0.15) is 42.0 Å². The fraction of sp³-hybridized carbons (Fsp3) is 0.368. The SMILES string of the molecule is CCOC(=O)c1ccc(NC(=O)C(CC)Sc2nc(C)cc(C)n2)cc1. The highest BCUT2D eigenvalue weighted by molar-refractivity contribution is 8.00. The summed E-state index contributed by atoms with van der Waals surface area (Å²) in [5, 5.41) is 3.17. The van der Waals surface area contributed by atoms with Gasteiger partial charge < -0.3 is 10.1 Å². The quantitative estimate of drug-likeness (QED) is 0.452. The van der Waals surface area contributed by atoms with E-state index in [-0.39, 0.29) is 17.1 Å². The number of esters is 1. The van der Waals surface area contributed by atoms with Gasteiger partial charge in [0, 0.05) is 17.1 Å². The van der Waals surface area contributed by atoms with Crippen LogP contribution in [0.15, 0.2) is 35.5 Å². The zero-order valence-electron chi connectivity index (χ0n) is 15.4. The van der Waals surface area contributed by atoms with Crippen LogP contribution in [0.3, 0.4) is 0 Å². The Morgan fingerprint density at radius 2 is 1.73 bits per heavy atom. The first-order chi connectivity index (χ1) is 12.4. The van der Waals surface area contributed by atoms with Crippen LogP contribution < -0.4 is 5.32 Å². The van der Waals surface area contributed by atoms with Crippen LogP contribution in [0.4, 0.5) is 5.69 Å². The average Bonchev–Trinajstić information content (AvgIpc) is 2.59. The number of aromatic nitrogens is 2. The van der Waals surface area contributed by atoms with Gasteiger partial charge in [0.1, 0.15) is 0 Å². The summed E-state index contributed by atoms with van der Waals surface area (Å²) in [6.45, 7) is 7.85. The Morgan fingerprint density at radius 1 is 1.12 bits per heavy atom. The van der Waals surface area contributed by atoms with Crippen molar-refractivity contribution in [2.75, 3.05) is 11.9 Å². The van der Waals surface area contributed by atoms with Gasteiger partial charge in [0.25, 0.3) is 0 Å². The molecule has 6 nitrogen and oxygen atoms in total. The van der Waals surface area contributed by atoms with Crippen molar-refractivity contribution in [3.05, 3.63) is 47.3 Å². The smallest absolute Gasteiger partial charge is 0.338 e. The molecule has 2 rings (SSSR count). The highest BCUT2D eigenvalue weighted by atomic mass is 32.2. The molecule has 1 atom stereocenters. The van der Waals surface area contributed by atoms with Crippen molar-refractivity contribution in [1.82, 2.24) is 9.97 Å². The van der Waals surface area contributed by atoms with Crippen LogP contribution in [-0.2, 0) is 9.53 Å². The number of carbonyl (C=O) groups is 2. The number of rotatable bonds is 7. The molecule has 0 fully saturated rings. The molecule has 0 bridgehead atoms.